The summed E-state index contributed by atoms with van der Waals surface area (Å²) in [4.78, 5) is 16.2. The number of likely N-dealkylation sites (N-methyl/N-ethyl adjacent to an activating group) is 2. The minimum Gasteiger partial charge on any atom is -0.381 e. The molecule has 2 aliphatic rings. The number of benzene rings is 1. The third-order valence-electron chi connectivity index (χ3n) is 4.58. The van der Waals surface area contributed by atoms with Gasteiger partial charge in [-0.05, 0) is 25.5 Å². The van der Waals surface area contributed by atoms with Gasteiger partial charge in [-0.2, -0.15) is 8.42 Å². The van der Waals surface area contributed by atoms with E-state index in [-0.39, 0.29) is 17.3 Å². The normalized spacial score (nSPS) is 20.9. The third kappa shape index (κ3) is 3.69. The number of carbonyl (C=O) groups excluding carboxylic acids is 1. The summed E-state index contributed by atoms with van der Waals surface area (Å²) in [5.41, 5.74) is 0.546. The molecule has 0 spiro atoms. The highest BCUT2D eigenvalue weighted by molar-refractivity contribution is 7.90. The first-order valence-corrected chi connectivity index (χ1v) is 9.87. The van der Waals surface area contributed by atoms with E-state index in [0.717, 1.165) is 13.0 Å². The first kappa shape index (κ1) is 17.9. The summed E-state index contributed by atoms with van der Waals surface area (Å²) < 4.78 is 33.5. The second-order valence-electron chi connectivity index (χ2n) is 6.40. The van der Waals surface area contributed by atoms with Crippen LogP contribution in [0.2, 0.25) is 0 Å². The molecule has 0 aliphatic carbocycles. The van der Waals surface area contributed by atoms with E-state index in [9.17, 15) is 13.2 Å². The molecular weight excluding hydrogens is 342 g/mol. The van der Waals surface area contributed by atoms with Crippen LogP contribution in [0.4, 0.5) is 0 Å². The fraction of sp³-hybridized carbons (Fsp3) is 0.529. The lowest BCUT2D eigenvalue weighted by Crippen LogP contribution is -2.43. The van der Waals surface area contributed by atoms with Crippen LogP contribution in [0.25, 0.3) is 0 Å². The Labute approximate surface area is 148 Å². The van der Waals surface area contributed by atoms with Crippen LogP contribution >= 0.6 is 0 Å². The Morgan fingerprint density at radius 1 is 1.36 bits per heavy atom. The van der Waals surface area contributed by atoms with Crippen LogP contribution in [0.3, 0.4) is 0 Å². The zero-order valence-electron chi connectivity index (χ0n) is 14.5. The van der Waals surface area contributed by atoms with Gasteiger partial charge in [-0.3, -0.25) is 4.79 Å². The zero-order valence-corrected chi connectivity index (χ0v) is 15.3. The van der Waals surface area contributed by atoms with Crippen LogP contribution in [0.15, 0.2) is 33.6 Å². The van der Waals surface area contributed by atoms with Crippen LogP contribution in [0.5, 0.6) is 0 Å². The number of fused-ring (bicyclic) bond motifs is 1. The second kappa shape index (κ2) is 7.13. The summed E-state index contributed by atoms with van der Waals surface area (Å²) in [6, 6.07) is 6.69. The number of amidine groups is 1. The van der Waals surface area contributed by atoms with E-state index in [0.29, 0.717) is 37.0 Å². The first-order valence-electron chi connectivity index (χ1n) is 8.43. The molecule has 1 fully saturated rings. The zero-order chi connectivity index (χ0) is 18.0. The van der Waals surface area contributed by atoms with E-state index in [1.807, 2.05) is 6.92 Å². The lowest BCUT2D eigenvalue weighted by atomic mass is 10.1. The van der Waals surface area contributed by atoms with Crippen molar-refractivity contribution in [1.29, 1.82) is 0 Å². The fourth-order valence-electron chi connectivity index (χ4n) is 3.19. The Hall–Kier alpha value is -1.93. The molecule has 0 radical (unpaired) electrons. The summed E-state index contributed by atoms with van der Waals surface area (Å²) in [6.45, 7) is 4.76. The highest BCUT2D eigenvalue weighted by Gasteiger charge is 2.31. The molecule has 0 saturated carbocycles. The summed E-state index contributed by atoms with van der Waals surface area (Å²) in [7, 11) is -1.98. The molecule has 0 bridgehead atoms. The Kier molecular flexibility index (Phi) is 5.10. The van der Waals surface area contributed by atoms with Crippen molar-refractivity contribution < 1.29 is 17.9 Å². The van der Waals surface area contributed by atoms with Gasteiger partial charge in [0, 0.05) is 38.2 Å². The van der Waals surface area contributed by atoms with Gasteiger partial charge in [0.25, 0.3) is 10.0 Å². The molecule has 2 heterocycles. The van der Waals surface area contributed by atoms with Crippen LogP contribution in [-0.2, 0) is 19.6 Å². The topological polar surface area (TPSA) is 79.3 Å². The standard InChI is InChI=1S/C17H23N3O4S/c1-3-20(10-13-8-9-24-12-13)16(21)11-19(2)17-14-6-4-5-7-15(14)25(22,23)18-17/h4-7,13H,3,8-12H2,1-2H3/t13-/m0/s1. The van der Waals surface area contributed by atoms with E-state index in [1.165, 1.54) is 6.07 Å². The molecule has 8 heteroatoms. The lowest BCUT2D eigenvalue weighted by Gasteiger charge is -2.27. The van der Waals surface area contributed by atoms with Crippen molar-refractivity contribution in [2.24, 2.45) is 10.3 Å². The van der Waals surface area contributed by atoms with Gasteiger partial charge in [0.15, 0.2) is 5.84 Å². The maximum absolute atomic E-state index is 12.6. The number of amides is 1. The first-order chi connectivity index (χ1) is 11.9. The van der Waals surface area contributed by atoms with Gasteiger partial charge >= 0.3 is 0 Å². The Bertz CT molecular complexity index is 785. The van der Waals surface area contributed by atoms with Gasteiger partial charge in [-0.25, -0.2) is 0 Å². The number of rotatable bonds is 5. The molecule has 1 aromatic carbocycles. The van der Waals surface area contributed by atoms with E-state index in [2.05, 4.69) is 4.40 Å². The van der Waals surface area contributed by atoms with Gasteiger partial charge in [0.05, 0.1) is 13.2 Å². The van der Waals surface area contributed by atoms with Gasteiger partial charge in [-0.15, -0.1) is 4.40 Å². The van der Waals surface area contributed by atoms with Crippen LogP contribution in [-0.4, -0.2) is 69.9 Å². The van der Waals surface area contributed by atoms with Gasteiger partial charge in [-0.1, -0.05) is 12.1 Å². The predicted octanol–water partition coefficient (Wildman–Crippen LogP) is 0.952. The monoisotopic (exact) mass is 365 g/mol. The largest absolute Gasteiger partial charge is 0.381 e. The van der Waals surface area contributed by atoms with Crippen LogP contribution in [0, 0.1) is 5.92 Å². The maximum Gasteiger partial charge on any atom is 0.285 e. The second-order valence-corrected chi connectivity index (χ2v) is 7.98. The third-order valence-corrected chi connectivity index (χ3v) is 5.91. The molecule has 1 aromatic rings. The predicted molar refractivity (Wildman–Crippen MR) is 94.0 cm³/mol. The molecule has 136 valence electrons. The fourth-order valence-corrected chi connectivity index (χ4v) is 4.44. The summed E-state index contributed by atoms with van der Waals surface area (Å²) >= 11 is 0. The van der Waals surface area contributed by atoms with Gasteiger partial charge < -0.3 is 14.5 Å². The van der Waals surface area contributed by atoms with Gasteiger partial charge in [0.1, 0.15) is 4.90 Å². The molecule has 0 unspecified atom stereocenters. The van der Waals surface area contributed by atoms with E-state index >= 15 is 0 Å². The Balaban J connectivity index is 1.71. The van der Waals surface area contributed by atoms with E-state index < -0.39 is 10.0 Å². The Morgan fingerprint density at radius 2 is 2.12 bits per heavy atom. The minimum absolute atomic E-state index is 0.0404. The number of sulfonamides is 1. The highest BCUT2D eigenvalue weighted by atomic mass is 32.2. The lowest BCUT2D eigenvalue weighted by molar-refractivity contribution is -0.131. The Morgan fingerprint density at radius 3 is 2.80 bits per heavy atom. The number of nitrogens with zero attached hydrogens (tertiary/aromatic N) is 3. The molecular formula is C17H23N3O4S. The van der Waals surface area contributed by atoms with Crippen molar-refractivity contribution in [3.63, 3.8) is 0 Å². The summed E-state index contributed by atoms with van der Waals surface area (Å²) in [5.74, 6) is 0.657. The summed E-state index contributed by atoms with van der Waals surface area (Å²) in [6.07, 6.45) is 0.970. The van der Waals surface area contributed by atoms with E-state index in [1.54, 1.807) is 35.0 Å². The molecule has 1 saturated heterocycles. The number of hydrogen-bond donors (Lipinski definition) is 0. The molecule has 1 atom stereocenters. The van der Waals surface area contributed by atoms with Crippen LogP contribution in [0.1, 0.15) is 18.9 Å². The number of ether oxygens (including phenoxy) is 1. The molecule has 2 aliphatic heterocycles. The highest BCUT2D eigenvalue weighted by Crippen LogP contribution is 2.27. The van der Waals surface area contributed by atoms with Crippen molar-refractivity contribution >= 4 is 21.8 Å². The molecule has 1 amide bonds. The summed E-state index contributed by atoms with van der Waals surface area (Å²) in [5, 5.41) is 0. The van der Waals surface area contributed by atoms with Crippen LogP contribution < -0.4 is 0 Å². The van der Waals surface area contributed by atoms with Crippen molar-refractivity contribution in [3.8, 4) is 0 Å². The molecule has 7 nitrogen and oxygen atoms in total. The average Bonchev–Trinajstić information content (AvgIpc) is 3.19. The molecule has 0 N–H and O–H groups in total. The van der Waals surface area contributed by atoms with Gasteiger partial charge in [0.2, 0.25) is 5.91 Å². The SMILES string of the molecule is CCN(C[C@@H]1CCOC1)C(=O)CN(C)C1=NS(=O)(=O)c2ccccc21. The van der Waals surface area contributed by atoms with Crippen molar-refractivity contribution in [2.75, 3.05) is 39.9 Å². The van der Waals surface area contributed by atoms with Crippen molar-refractivity contribution in [3.05, 3.63) is 29.8 Å². The number of carbonyl (C=O) groups is 1. The quantitative estimate of drug-likeness (QED) is 0.776. The van der Waals surface area contributed by atoms with E-state index in [4.69, 9.17) is 4.74 Å². The molecule has 3 rings (SSSR count). The smallest absolute Gasteiger partial charge is 0.285 e. The maximum atomic E-state index is 12.6. The minimum atomic E-state index is -3.68. The molecule has 25 heavy (non-hydrogen) atoms. The molecule has 0 aromatic heterocycles. The van der Waals surface area contributed by atoms with Crippen molar-refractivity contribution in [2.45, 2.75) is 18.2 Å². The number of hydrogen-bond acceptors (Lipinski definition) is 5. The van der Waals surface area contributed by atoms with Crippen molar-refractivity contribution in [1.82, 2.24) is 9.80 Å². The average molecular weight is 365 g/mol.